The molecule has 0 spiro atoms. The Morgan fingerprint density at radius 2 is 2.24 bits per heavy atom. The quantitative estimate of drug-likeness (QED) is 0.704. The fraction of sp³-hybridized carbons (Fsp3) is 0.562. The Hall–Kier alpha value is -0.830. The van der Waals surface area contributed by atoms with Crippen LogP contribution in [-0.4, -0.2) is 50.3 Å². The van der Waals surface area contributed by atoms with E-state index in [-0.39, 0.29) is 24.2 Å². The zero-order chi connectivity index (χ0) is 18.4. The van der Waals surface area contributed by atoms with Crippen molar-refractivity contribution in [1.82, 2.24) is 9.62 Å². The summed E-state index contributed by atoms with van der Waals surface area (Å²) in [6, 6.07) is 4.59. The Balaban J connectivity index is 1.72. The number of carbonyl (C=O) groups excluding carboxylic acids is 1. The number of nitrogens with one attached hydrogen (secondary N) is 1. The van der Waals surface area contributed by atoms with Crippen LogP contribution in [0.2, 0.25) is 5.02 Å². The minimum atomic E-state index is -3.26. The number of halogens is 2. The van der Waals surface area contributed by atoms with Crippen molar-refractivity contribution in [3.8, 4) is 0 Å². The predicted molar refractivity (Wildman–Crippen MR) is 99.7 cm³/mol. The van der Waals surface area contributed by atoms with Crippen molar-refractivity contribution in [2.75, 3.05) is 31.6 Å². The molecule has 1 amide bonds. The molecule has 2 rings (SSSR count). The largest absolute Gasteiger partial charge is 0.355 e. The van der Waals surface area contributed by atoms with E-state index < -0.39 is 10.0 Å². The summed E-state index contributed by atoms with van der Waals surface area (Å²) in [5, 5.41) is 3.23. The fourth-order valence-electron chi connectivity index (χ4n) is 2.69. The zero-order valence-corrected chi connectivity index (χ0v) is 16.4. The highest BCUT2D eigenvalue weighted by Crippen LogP contribution is 2.23. The lowest BCUT2D eigenvalue weighted by atomic mass is 9.99. The third-order valence-corrected chi connectivity index (χ3v) is 6.69. The van der Waals surface area contributed by atoms with Crippen molar-refractivity contribution in [2.24, 2.45) is 5.92 Å². The van der Waals surface area contributed by atoms with Crippen LogP contribution < -0.4 is 5.32 Å². The Morgan fingerprint density at radius 3 is 2.92 bits per heavy atom. The number of hydrogen-bond donors (Lipinski definition) is 1. The van der Waals surface area contributed by atoms with Gasteiger partial charge in [-0.1, -0.05) is 17.7 Å². The SMILES string of the molecule is CS(=O)(=O)N1CCC[C@H](C(=O)NCCSCc2c(F)cccc2Cl)C1. The summed E-state index contributed by atoms with van der Waals surface area (Å²) in [6.07, 6.45) is 2.54. The van der Waals surface area contributed by atoms with Crippen molar-refractivity contribution in [1.29, 1.82) is 0 Å². The van der Waals surface area contributed by atoms with Gasteiger partial charge in [-0.25, -0.2) is 17.1 Å². The van der Waals surface area contributed by atoms with Crippen molar-refractivity contribution >= 4 is 39.3 Å². The minimum absolute atomic E-state index is 0.127. The molecule has 0 bridgehead atoms. The molecular weight excluding hydrogens is 387 g/mol. The molecule has 1 N–H and O–H groups in total. The van der Waals surface area contributed by atoms with E-state index in [1.165, 1.54) is 22.1 Å². The van der Waals surface area contributed by atoms with E-state index in [1.54, 1.807) is 12.1 Å². The number of thioether (sulfide) groups is 1. The highest BCUT2D eigenvalue weighted by atomic mass is 35.5. The van der Waals surface area contributed by atoms with E-state index in [0.717, 1.165) is 6.26 Å². The van der Waals surface area contributed by atoms with Crippen molar-refractivity contribution in [3.63, 3.8) is 0 Å². The molecule has 1 aromatic rings. The molecule has 1 aliphatic rings. The summed E-state index contributed by atoms with van der Waals surface area (Å²) < 4.78 is 38.2. The summed E-state index contributed by atoms with van der Waals surface area (Å²) in [4.78, 5) is 12.2. The summed E-state index contributed by atoms with van der Waals surface area (Å²) in [6.45, 7) is 1.16. The molecule has 1 fully saturated rings. The average molecular weight is 409 g/mol. The standard InChI is InChI=1S/C16H22ClFN2O3S2/c1-25(22,23)20-8-3-4-12(10-20)16(21)19-7-9-24-11-13-14(17)5-2-6-15(13)18/h2,5-6,12H,3-4,7-11H2,1H3,(H,19,21)/t12-/m0/s1. The van der Waals surface area contributed by atoms with Gasteiger partial charge >= 0.3 is 0 Å². The van der Waals surface area contributed by atoms with Gasteiger partial charge in [-0.15, -0.1) is 0 Å². The monoisotopic (exact) mass is 408 g/mol. The van der Waals surface area contributed by atoms with Gasteiger partial charge in [0, 0.05) is 41.7 Å². The molecule has 1 heterocycles. The Labute approximate surface area is 157 Å². The van der Waals surface area contributed by atoms with E-state index >= 15 is 0 Å². The van der Waals surface area contributed by atoms with Gasteiger partial charge in [0.15, 0.2) is 0 Å². The molecule has 1 saturated heterocycles. The zero-order valence-electron chi connectivity index (χ0n) is 14.0. The fourth-order valence-corrected chi connectivity index (χ4v) is 4.80. The molecule has 0 unspecified atom stereocenters. The number of rotatable bonds is 7. The molecule has 1 aromatic carbocycles. The van der Waals surface area contributed by atoms with E-state index in [4.69, 9.17) is 11.6 Å². The Kier molecular flexibility index (Phi) is 7.54. The van der Waals surface area contributed by atoms with Gasteiger partial charge < -0.3 is 5.32 Å². The van der Waals surface area contributed by atoms with Gasteiger partial charge in [0.1, 0.15) is 5.82 Å². The van der Waals surface area contributed by atoms with Crippen LogP contribution in [0.15, 0.2) is 18.2 Å². The van der Waals surface area contributed by atoms with Gasteiger partial charge in [0.05, 0.1) is 12.2 Å². The minimum Gasteiger partial charge on any atom is -0.355 e. The van der Waals surface area contributed by atoms with Gasteiger partial charge in [-0.2, -0.15) is 11.8 Å². The second-order valence-electron chi connectivity index (χ2n) is 6.00. The van der Waals surface area contributed by atoms with Crippen LogP contribution in [0.25, 0.3) is 0 Å². The van der Waals surface area contributed by atoms with Crippen LogP contribution in [0.3, 0.4) is 0 Å². The van der Waals surface area contributed by atoms with E-state index in [9.17, 15) is 17.6 Å². The lowest BCUT2D eigenvalue weighted by Gasteiger charge is -2.30. The van der Waals surface area contributed by atoms with Crippen LogP contribution in [0.1, 0.15) is 18.4 Å². The number of piperidine rings is 1. The third-order valence-electron chi connectivity index (χ3n) is 4.08. The van der Waals surface area contributed by atoms with Crippen LogP contribution in [0.5, 0.6) is 0 Å². The van der Waals surface area contributed by atoms with Crippen LogP contribution in [-0.2, 0) is 20.6 Å². The van der Waals surface area contributed by atoms with E-state index in [0.29, 0.717) is 48.0 Å². The number of hydrogen-bond acceptors (Lipinski definition) is 4. The summed E-state index contributed by atoms with van der Waals surface area (Å²) in [5.74, 6) is 0.297. The van der Waals surface area contributed by atoms with Crippen LogP contribution in [0.4, 0.5) is 4.39 Å². The second-order valence-corrected chi connectivity index (χ2v) is 9.50. The maximum atomic E-state index is 13.6. The molecule has 0 saturated carbocycles. The third kappa shape index (κ3) is 6.13. The van der Waals surface area contributed by atoms with Crippen molar-refractivity contribution in [2.45, 2.75) is 18.6 Å². The molecule has 0 aromatic heterocycles. The lowest BCUT2D eigenvalue weighted by Crippen LogP contribution is -2.45. The predicted octanol–water partition coefficient (Wildman–Crippen LogP) is 2.50. The molecule has 140 valence electrons. The molecule has 0 aliphatic carbocycles. The molecule has 0 radical (unpaired) electrons. The first-order valence-electron chi connectivity index (χ1n) is 8.02. The first-order chi connectivity index (χ1) is 11.8. The normalized spacial score (nSPS) is 18.9. The van der Waals surface area contributed by atoms with E-state index in [1.807, 2.05) is 0 Å². The molecule has 5 nitrogen and oxygen atoms in total. The average Bonchev–Trinajstić information content (AvgIpc) is 2.56. The summed E-state index contributed by atoms with van der Waals surface area (Å²) >= 11 is 7.45. The lowest BCUT2D eigenvalue weighted by molar-refractivity contribution is -0.125. The topological polar surface area (TPSA) is 66.5 Å². The maximum Gasteiger partial charge on any atom is 0.224 e. The first-order valence-corrected chi connectivity index (χ1v) is 11.4. The van der Waals surface area contributed by atoms with Gasteiger partial charge in [0.25, 0.3) is 0 Å². The van der Waals surface area contributed by atoms with Crippen LogP contribution >= 0.6 is 23.4 Å². The van der Waals surface area contributed by atoms with Crippen molar-refractivity contribution < 1.29 is 17.6 Å². The maximum absolute atomic E-state index is 13.6. The highest BCUT2D eigenvalue weighted by Gasteiger charge is 2.29. The molecular formula is C16H22ClFN2O3S2. The summed E-state index contributed by atoms with van der Waals surface area (Å²) in [5.41, 5.74) is 0.469. The number of benzene rings is 1. The number of carbonyl (C=O) groups is 1. The molecule has 25 heavy (non-hydrogen) atoms. The highest BCUT2D eigenvalue weighted by molar-refractivity contribution is 7.98. The number of amides is 1. The smallest absolute Gasteiger partial charge is 0.224 e. The van der Waals surface area contributed by atoms with Crippen molar-refractivity contribution in [3.05, 3.63) is 34.6 Å². The molecule has 9 heteroatoms. The van der Waals surface area contributed by atoms with Gasteiger partial charge in [-0.05, 0) is 25.0 Å². The Bertz CT molecular complexity index is 695. The van der Waals surface area contributed by atoms with Gasteiger partial charge in [0.2, 0.25) is 15.9 Å². The summed E-state index contributed by atoms with van der Waals surface area (Å²) in [7, 11) is -3.26. The molecule has 1 aliphatic heterocycles. The van der Waals surface area contributed by atoms with E-state index in [2.05, 4.69) is 5.32 Å². The van der Waals surface area contributed by atoms with Crippen LogP contribution in [0, 0.1) is 11.7 Å². The van der Waals surface area contributed by atoms with Gasteiger partial charge in [-0.3, -0.25) is 4.79 Å². The Morgan fingerprint density at radius 1 is 1.48 bits per heavy atom. The second kappa shape index (κ2) is 9.21. The number of nitrogens with zero attached hydrogens (tertiary/aromatic N) is 1. The molecule has 1 atom stereocenters. The number of sulfonamides is 1. The first kappa shape index (κ1) is 20.5.